The number of nitrogens with zero attached hydrogens (tertiary/aromatic N) is 3. The Kier molecular flexibility index (Phi) is 16.4. The van der Waals surface area contributed by atoms with Crippen LogP contribution in [-0.2, 0) is 23.9 Å². The Balaban J connectivity index is 1.21. The van der Waals surface area contributed by atoms with Gasteiger partial charge in [0, 0.05) is 51.9 Å². The number of carbonyl (C=O) groups excluding carboxylic acids is 3. The molecule has 348 valence electrons. The first kappa shape index (κ1) is 49.1. The molecule has 5 heterocycles. The van der Waals surface area contributed by atoms with Gasteiger partial charge < -0.3 is 19.9 Å². The fourth-order valence-corrected chi connectivity index (χ4v) is 10.1. The van der Waals surface area contributed by atoms with Crippen LogP contribution in [0.1, 0.15) is 139 Å². The van der Waals surface area contributed by atoms with Crippen molar-refractivity contribution in [3.8, 4) is 0 Å². The summed E-state index contributed by atoms with van der Waals surface area (Å²) in [5.41, 5.74) is 10.9. The number of hydrogen-bond donors (Lipinski definition) is 2. The zero-order chi connectivity index (χ0) is 47.1. The molecule has 2 N–H and O–H groups in total. The van der Waals surface area contributed by atoms with Crippen LogP contribution in [0.15, 0.2) is 131 Å². The molecule has 0 aromatic heterocycles. The lowest BCUT2D eigenvalue weighted by molar-refractivity contribution is -0.146. The van der Waals surface area contributed by atoms with Crippen molar-refractivity contribution < 1.29 is 29.0 Å². The lowest BCUT2D eigenvalue weighted by Gasteiger charge is -2.19. The molecule has 0 aromatic carbocycles. The molecule has 6 rings (SSSR count). The van der Waals surface area contributed by atoms with E-state index in [1.807, 2.05) is 45.1 Å². The first-order valence-corrected chi connectivity index (χ1v) is 24.1. The molecular formula is C55H72N4O6. The molecule has 8 bridgehead atoms. The van der Waals surface area contributed by atoms with E-state index < -0.39 is 11.9 Å². The molecule has 1 saturated heterocycles. The third kappa shape index (κ3) is 10.8. The highest BCUT2D eigenvalue weighted by atomic mass is 16.5. The molecule has 0 aromatic rings. The maximum Gasteiger partial charge on any atom is 0.321 e. The number of esters is 2. The lowest BCUT2D eigenvalue weighted by Crippen LogP contribution is -2.26. The van der Waals surface area contributed by atoms with Crippen LogP contribution in [0, 0.1) is 35.5 Å². The zero-order valence-electron chi connectivity index (χ0n) is 40.7. The first-order chi connectivity index (χ1) is 31.1. The standard InChI is InChI=1S/C55H72N4O6/c1-12-38-35(8)42-27-43-36(9)40(23-24-48(61)65-26-25-34(7)22-16-21-33(6)20-15-19-32(5)18-14-17-31(3)4)52(58-43)50-51(55(63)64-11)54(62)49-37(10)44(59-53(49)50)28-46-39(13-2)41(30-60)47(57-46)29-45(38)56-42/h12,25,27-33,36,40,51,58,60H,1,13-24,26H2,2-11H3/b34-25+,41-30?,43-27?,44-28?,45-29?,52-50?/t32-,33-,36+,40+,51-/m1/s1. The van der Waals surface area contributed by atoms with Crippen LogP contribution in [0.5, 0.6) is 0 Å². The van der Waals surface area contributed by atoms with E-state index in [1.165, 1.54) is 57.6 Å². The zero-order valence-corrected chi connectivity index (χ0v) is 40.7. The van der Waals surface area contributed by atoms with Crippen LogP contribution in [0.4, 0.5) is 0 Å². The van der Waals surface area contributed by atoms with Crippen LogP contribution in [0.2, 0.25) is 0 Å². The normalized spacial score (nSPS) is 23.2. The highest BCUT2D eigenvalue weighted by Gasteiger charge is 2.52. The van der Waals surface area contributed by atoms with E-state index >= 15 is 0 Å². The van der Waals surface area contributed by atoms with E-state index in [4.69, 9.17) is 24.5 Å². The topological polar surface area (TPSA) is 139 Å². The largest absolute Gasteiger partial charge is 0.515 e. The van der Waals surface area contributed by atoms with Crippen molar-refractivity contribution in [2.45, 2.75) is 139 Å². The molecule has 0 spiro atoms. The van der Waals surface area contributed by atoms with Crippen molar-refractivity contribution in [1.82, 2.24) is 5.32 Å². The number of Topliss-reactive ketones (excluding diaryl/α,β-unsaturated/α-hetero) is 1. The van der Waals surface area contributed by atoms with E-state index in [0.29, 0.717) is 81.0 Å². The number of methoxy groups -OCH3 is 1. The number of ketones is 1. The summed E-state index contributed by atoms with van der Waals surface area (Å²) < 4.78 is 11.0. The number of aliphatic imine (C=N–C) groups is 3. The van der Waals surface area contributed by atoms with E-state index in [-0.39, 0.29) is 36.6 Å². The number of allylic oxidation sites excluding steroid dienone is 12. The van der Waals surface area contributed by atoms with Gasteiger partial charge in [0.25, 0.3) is 0 Å². The molecule has 5 atom stereocenters. The number of fused-ring (bicyclic) bond motifs is 5. The second kappa shape index (κ2) is 21.7. The van der Waals surface area contributed by atoms with Crippen LogP contribution in [-0.4, -0.2) is 53.7 Å². The van der Waals surface area contributed by atoms with Gasteiger partial charge in [-0.15, -0.1) is 0 Å². The number of nitrogens with one attached hydrogen (secondary N) is 1. The minimum atomic E-state index is -1.23. The number of rotatable bonds is 20. The molecule has 2 fully saturated rings. The smallest absolute Gasteiger partial charge is 0.321 e. The third-order valence-corrected chi connectivity index (χ3v) is 14.2. The number of hydrogen-bond acceptors (Lipinski definition) is 10. The quantitative estimate of drug-likeness (QED) is 0.0537. The van der Waals surface area contributed by atoms with Crippen LogP contribution in [0.25, 0.3) is 0 Å². The monoisotopic (exact) mass is 885 g/mol. The van der Waals surface area contributed by atoms with Gasteiger partial charge in [-0.2, -0.15) is 0 Å². The lowest BCUT2D eigenvalue weighted by atomic mass is 9.85. The van der Waals surface area contributed by atoms with Gasteiger partial charge in [0.15, 0.2) is 5.78 Å². The minimum Gasteiger partial charge on any atom is -0.515 e. The number of aliphatic hydroxyl groups excluding tert-OH is 1. The van der Waals surface area contributed by atoms with Gasteiger partial charge in [-0.3, -0.25) is 14.4 Å². The molecule has 10 heteroatoms. The predicted octanol–water partition coefficient (Wildman–Crippen LogP) is 12.1. The van der Waals surface area contributed by atoms with Gasteiger partial charge in [0.2, 0.25) is 0 Å². The van der Waals surface area contributed by atoms with Crippen molar-refractivity contribution in [1.29, 1.82) is 0 Å². The molecule has 0 radical (unpaired) electrons. The average molecular weight is 885 g/mol. The van der Waals surface area contributed by atoms with Crippen molar-refractivity contribution in [2.24, 2.45) is 50.5 Å². The summed E-state index contributed by atoms with van der Waals surface area (Å²) >= 11 is 0. The molecule has 0 unspecified atom stereocenters. The first-order valence-electron chi connectivity index (χ1n) is 24.1. The Morgan fingerprint density at radius 2 is 1.60 bits per heavy atom. The van der Waals surface area contributed by atoms with Gasteiger partial charge in [-0.1, -0.05) is 105 Å². The van der Waals surface area contributed by atoms with Crippen LogP contribution in [0.3, 0.4) is 0 Å². The minimum absolute atomic E-state index is 0.139. The van der Waals surface area contributed by atoms with Crippen molar-refractivity contribution in [3.05, 3.63) is 116 Å². The van der Waals surface area contributed by atoms with E-state index in [2.05, 4.69) is 53.4 Å². The van der Waals surface area contributed by atoms with E-state index in [9.17, 15) is 19.5 Å². The summed E-state index contributed by atoms with van der Waals surface area (Å²) in [6.07, 6.45) is 22.9. The Labute approximate surface area is 387 Å². The summed E-state index contributed by atoms with van der Waals surface area (Å²) in [6, 6.07) is 0. The summed E-state index contributed by atoms with van der Waals surface area (Å²) in [5, 5.41) is 14.1. The third-order valence-electron chi connectivity index (χ3n) is 14.2. The van der Waals surface area contributed by atoms with Crippen LogP contribution >= 0.6 is 0 Å². The maximum absolute atomic E-state index is 14.4. The number of ether oxygens (including phenoxy) is 2. The fourth-order valence-electron chi connectivity index (χ4n) is 10.1. The Morgan fingerprint density at radius 1 is 0.908 bits per heavy atom. The number of carbonyl (C=O) groups is 3. The molecule has 1 aliphatic carbocycles. The molecule has 0 amide bonds. The highest BCUT2D eigenvalue weighted by molar-refractivity contribution is 6.42. The average Bonchev–Trinajstić information content (AvgIpc) is 4.02. The molecule has 1 saturated carbocycles. The Hall–Kier alpha value is -5.38. The van der Waals surface area contributed by atoms with Gasteiger partial charge in [0.1, 0.15) is 12.5 Å². The Morgan fingerprint density at radius 3 is 2.25 bits per heavy atom. The molecule has 6 aliphatic rings. The molecule has 65 heavy (non-hydrogen) atoms. The van der Waals surface area contributed by atoms with Crippen LogP contribution < -0.4 is 5.32 Å². The van der Waals surface area contributed by atoms with E-state index in [0.717, 1.165) is 53.4 Å². The molecule has 10 nitrogen and oxygen atoms in total. The summed E-state index contributed by atoms with van der Waals surface area (Å²) in [4.78, 5) is 56.5. The predicted molar refractivity (Wildman–Crippen MR) is 262 cm³/mol. The van der Waals surface area contributed by atoms with Gasteiger partial charge in [0.05, 0.1) is 47.6 Å². The maximum atomic E-state index is 14.4. The van der Waals surface area contributed by atoms with Crippen molar-refractivity contribution >= 4 is 34.9 Å². The summed E-state index contributed by atoms with van der Waals surface area (Å²) in [7, 11) is 1.29. The second-order valence-corrected chi connectivity index (χ2v) is 19.4. The van der Waals surface area contributed by atoms with E-state index in [1.54, 1.807) is 6.08 Å². The second-order valence-electron chi connectivity index (χ2n) is 19.4. The Bertz CT molecular complexity index is 2350. The van der Waals surface area contributed by atoms with Gasteiger partial charge >= 0.3 is 11.9 Å². The summed E-state index contributed by atoms with van der Waals surface area (Å²) in [5.74, 6) is -0.732. The fraction of sp³-hybridized carbons (Fsp3) is 0.527. The number of aliphatic hydroxyl groups is 1. The van der Waals surface area contributed by atoms with Crippen molar-refractivity contribution in [3.63, 3.8) is 0 Å². The molecule has 5 aliphatic heterocycles. The summed E-state index contributed by atoms with van der Waals surface area (Å²) in [6.45, 7) is 23.7. The van der Waals surface area contributed by atoms with Gasteiger partial charge in [-0.25, -0.2) is 15.0 Å². The highest BCUT2D eigenvalue weighted by Crippen LogP contribution is 2.47. The van der Waals surface area contributed by atoms with Gasteiger partial charge in [-0.05, 0) is 105 Å². The molecular weight excluding hydrogens is 813 g/mol. The SMILES string of the molecule is C=CC1=C(C)C2=NC1=CC1=NC(=C(CC)C1=CO)C=C1N=C3C(=C1C)C(=O)[C@H](C(=O)OC)C3=C1NC(=C2)[C@@H](C)[C@@H]1CCC(=O)OC/C=C(\C)CCC[C@H](C)CCC[C@H](C)CCCC(C)C. The van der Waals surface area contributed by atoms with Crippen molar-refractivity contribution in [2.75, 3.05) is 13.7 Å².